The van der Waals surface area contributed by atoms with Gasteiger partial charge < -0.3 is 28.7 Å². The molecule has 3 aromatic rings. The van der Waals surface area contributed by atoms with Gasteiger partial charge in [-0.25, -0.2) is 4.79 Å². The smallest absolute Gasteiger partial charge is 0.333 e. The van der Waals surface area contributed by atoms with Crippen molar-refractivity contribution in [3.05, 3.63) is 77.2 Å². The largest absolute Gasteiger partial charge is 0.496 e. The maximum atomic E-state index is 12.9. The molecule has 0 radical (unpaired) electrons. The molecule has 1 unspecified atom stereocenters. The van der Waals surface area contributed by atoms with Crippen LogP contribution >= 0.6 is 0 Å². The Hall–Kier alpha value is -3.94. The average Bonchev–Trinajstić information content (AvgIpc) is 3.31. The molecule has 3 rings (SSSR count). The molecule has 0 saturated carbocycles. The van der Waals surface area contributed by atoms with E-state index in [2.05, 4.69) is 5.32 Å². The zero-order chi connectivity index (χ0) is 23.8. The Kier molecular flexibility index (Phi) is 7.96. The van der Waals surface area contributed by atoms with Gasteiger partial charge in [0.1, 0.15) is 23.0 Å². The number of carbonyl (C=O) groups excluding carboxylic acids is 2. The minimum atomic E-state index is -0.950. The van der Waals surface area contributed by atoms with Gasteiger partial charge in [-0.1, -0.05) is 30.3 Å². The van der Waals surface area contributed by atoms with E-state index in [1.807, 2.05) is 6.07 Å². The number of nitrogens with one attached hydrogen (secondary N) is 1. The molecule has 1 amide bonds. The van der Waals surface area contributed by atoms with Gasteiger partial charge in [0.15, 0.2) is 11.8 Å². The van der Waals surface area contributed by atoms with E-state index in [-0.39, 0.29) is 12.4 Å². The van der Waals surface area contributed by atoms with E-state index in [4.69, 9.17) is 23.4 Å². The zero-order valence-corrected chi connectivity index (χ0v) is 19.0. The van der Waals surface area contributed by atoms with Crippen LogP contribution in [0.25, 0.3) is 0 Å². The Labute approximate surface area is 192 Å². The van der Waals surface area contributed by atoms with Gasteiger partial charge in [0.05, 0.1) is 27.9 Å². The standard InChI is InChI=1S/C25H27NO7/c1-5-32-25(28)23(16-9-7-6-8-10-16)26-24(27)20-12-11-17(33-20)13-19-21(30-3)14-18(29-2)15-22(19)31-4/h6-12,14-15,23H,5,13H2,1-4H3,(H,26,27). The molecule has 0 aliphatic heterocycles. The fraction of sp³-hybridized carbons (Fsp3) is 0.280. The van der Waals surface area contributed by atoms with Gasteiger partial charge in [-0.15, -0.1) is 0 Å². The number of esters is 1. The summed E-state index contributed by atoms with van der Waals surface area (Å²) in [6.07, 6.45) is 0.323. The predicted molar refractivity (Wildman–Crippen MR) is 121 cm³/mol. The molecule has 174 valence electrons. The third-order valence-electron chi connectivity index (χ3n) is 4.98. The summed E-state index contributed by atoms with van der Waals surface area (Å²) in [6.45, 7) is 1.91. The van der Waals surface area contributed by atoms with Crippen LogP contribution in [0.3, 0.4) is 0 Å². The van der Waals surface area contributed by atoms with Crippen molar-refractivity contribution in [2.45, 2.75) is 19.4 Å². The molecule has 0 fully saturated rings. The number of rotatable bonds is 10. The van der Waals surface area contributed by atoms with E-state index in [1.165, 1.54) is 0 Å². The lowest BCUT2D eigenvalue weighted by Crippen LogP contribution is -2.34. The highest BCUT2D eigenvalue weighted by atomic mass is 16.5. The van der Waals surface area contributed by atoms with E-state index in [9.17, 15) is 9.59 Å². The Balaban J connectivity index is 1.81. The highest BCUT2D eigenvalue weighted by Crippen LogP contribution is 2.35. The highest BCUT2D eigenvalue weighted by molar-refractivity contribution is 5.95. The first-order valence-corrected chi connectivity index (χ1v) is 10.4. The summed E-state index contributed by atoms with van der Waals surface area (Å²) in [4.78, 5) is 25.3. The van der Waals surface area contributed by atoms with Crippen LogP contribution in [-0.2, 0) is 16.0 Å². The molecule has 1 aromatic heterocycles. The Morgan fingerprint density at radius 2 is 1.61 bits per heavy atom. The monoisotopic (exact) mass is 453 g/mol. The number of amides is 1. The van der Waals surface area contributed by atoms with Crippen LogP contribution in [0.5, 0.6) is 17.2 Å². The lowest BCUT2D eigenvalue weighted by molar-refractivity contribution is -0.145. The Morgan fingerprint density at radius 1 is 0.939 bits per heavy atom. The molecule has 0 bridgehead atoms. The average molecular weight is 453 g/mol. The van der Waals surface area contributed by atoms with Gasteiger partial charge >= 0.3 is 5.97 Å². The van der Waals surface area contributed by atoms with Crippen molar-refractivity contribution >= 4 is 11.9 Å². The number of ether oxygens (including phenoxy) is 4. The van der Waals surface area contributed by atoms with E-state index in [0.29, 0.717) is 35.0 Å². The first kappa shape index (κ1) is 23.7. The second-order valence-electron chi connectivity index (χ2n) is 7.02. The van der Waals surface area contributed by atoms with Gasteiger partial charge in [0, 0.05) is 24.1 Å². The van der Waals surface area contributed by atoms with Crippen LogP contribution in [0.4, 0.5) is 0 Å². The third-order valence-corrected chi connectivity index (χ3v) is 4.98. The van der Waals surface area contributed by atoms with E-state index in [0.717, 1.165) is 5.56 Å². The van der Waals surface area contributed by atoms with E-state index < -0.39 is 17.9 Å². The second kappa shape index (κ2) is 11.1. The summed E-state index contributed by atoms with van der Waals surface area (Å²) in [5.41, 5.74) is 1.36. The molecule has 2 aromatic carbocycles. The predicted octanol–water partition coefficient (Wildman–Crippen LogP) is 3.93. The summed E-state index contributed by atoms with van der Waals surface area (Å²) < 4.78 is 27.1. The van der Waals surface area contributed by atoms with Crippen LogP contribution in [0.2, 0.25) is 0 Å². The summed E-state index contributed by atoms with van der Waals surface area (Å²) >= 11 is 0. The molecule has 1 heterocycles. The number of carbonyl (C=O) groups is 2. The number of hydrogen-bond donors (Lipinski definition) is 1. The Morgan fingerprint density at radius 3 is 2.18 bits per heavy atom. The van der Waals surface area contributed by atoms with Crippen LogP contribution in [0.15, 0.2) is 59.0 Å². The van der Waals surface area contributed by atoms with Crippen molar-refractivity contribution < 1.29 is 33.0 Å². The lowest BCUT2D eigenvalue weighted by atomic mass is 10.1. The van der Waals surface area contributed by atoms with Crippen molar-refractivity contribution in [3.63, 3.8) is 0 Å². The first-order chi connectivity index (χ1) is 16.0. The minimum Gasteiger partial charge on any atom is -0.496 e. The van der Waals surface area contributed by atoms with Crippen molar-refractivity contribution in [1.29, 1.82) is 0 Å². The summed E-state index contributed by atoms with van der Waals surface area (Å²) in [7, 11) is 4.67. The van der Waals surface area contributed by atoms with Gasteiger partial charge in [-0.3, -0.25) is 4.79 Å². The summed E-state index contributed by atoms with van der Waals surface area (Å²) in [6, 6.07) is 14.7. The molecule has 8 nitrogen and oxygen atoms in total. The normalized spacial score (nSPS) is 11.4. The quantitative estimate of drug-likeness (QED) is 0.465. The molecule has 1 atom stereocenters. The first-order valence-electron chi connectivity index (χ1n) is 10.4. The number of benzene rings is 2. The Bertz CT molecular complexity index is 1070. The number of furan rings is 1. The SMILES string of the molecule is CCOC(=O)C(NC(=O)c1ccc(Cc2c(OC)cc(OC)cc2OC)o1)c1ccccc1. The van der Waals surface area contributed by atoms with Crippen LogP contribution in [0.1, 0.15) is 40.4 Å². The summed E-state index contributed by atoms with van der Waals surface area (Å²) in [5, 5.41) is 2.70. The molecular weight excluding hydrogens is 426 g/mol. The van der Waals surface area contributed by atoms with Crippen molar-refractivity contribution in [1.82, 2.24) is 5.32 Å². The molecule has 33 heavy (non-hydrogen) atoms. The highest BCUT2D eigenvalue weighted by Gasteiger charge is 2.26. The van der Waals surface area contributed by atoms with E-state index in [1.54, 1.807) is 76.8 Å². The molecule has 1 N–H and O–H groups in total. The molecule has 0 saturated heterocycles. The second-order valence-corrected chi connectivity index (χ2v) is 7.02. The molecule has 0 aliphatic rings. The molecular formula is C25H27NO7. The zero-order valence-electron chi connectivity index (χ0n) is 19.0. The maximum Gasteiger partial charge on any atom is 0.333 e. The van der Waals surface area contributed by atoms with Gasteiger partial charge in [-0.05, 0) is 24.6 Å². The van der Waals surface area contributed by atoms with Gasteiger partial charge in [0.25, 0.3) is 5.91 Å². The van der Waals surface area contributed by atoms with Crippen molar-refractivity contribution in [2.24, 2.45) is 0 Å². The van der Waals surface area contributed by atoms with Crippen molar-refractivity contribution in [2.75, 3.05) is 27.9 Å². The lowest BCUT2D eigenvalue weighted by Gasteiger charge is -2.17. The van der Waals surface area contributed by atoms with Crippen LogP contribution in [-0.4, -0.2) is 39.8 Å². The van der Waals surface area contributed by atoms with Crippen molar-refractivity contribution in [3.8, 4) is 17.2 Å². The number of methoxy groups -OCH3 is 3. The van der Waals surface area contributed by atoms with Crippen LogP contribution < -0.4 is 19.5 Å². The van der Waals surface area contributed by atoms with Crippen LogP contribution in [0, 0.1) is 0 Å². The molecule has 0 aliphatic carbocycles. The fourth-order valence-corrected chi connectivity index (χ4v) is 3.37. The maximum absolute atomic E-state index is 12.9. The van der Waals surface area contributed by atoms with Gasteiger partial charge in [0.2, 0.25) is 0 Å². The molecule has 0 spiro atoms. The van der Waals surface area contributed by atoms with E-state index >= 15 is 0 Å². The fourth-order valence-electron chi connectivity index (χ4n) is 3.37. The number of hydrogen-bond acceptors (Lipinski definition) is 7. The minimum absolute atomic E-state index is 0.0710. The third kappa shape index (κ3) is 5.65. The van der Waals surface area contributed by atoms with Gasteiger partial charge in [-0.2, -0.15) is 0 Å². The topological polar surface area (TPSA) is 96.2 Å². The summed E-state index contributed by atoms with van der Waals surface area (Å²) in [5.74, 6) is 1.25. The molecule has 8 heteroatoms.